The molecule has 0 spiro atoms. The summed E-state index contributed by atoms with van der Waals surface area (Å²) in [6.07, 6.45) is -0.124. The summed E-state index contributed by atoms with van der Waals surface area (Å²) < 4.78 is 5.47. The third-order valence-corrected chi connectivity index (χ3v) is 3.12. The van der Waals surface area contributed by atoms with E-state index in [1.807, 2.05) is 48.5 Å². The predicted molar refractivity (Wildman–Crippen MR) is 80.5 cm³/mol. The number of rotatable bonds is 5. The number of hydrogen-bond donors (Lipinski definition) is 2. The van der Waals surface area contributed by atoms with Crippen molar-refractivity contribution in [1.29, 1.82) is 0 Å². The molecule has 1 fully saturated rings. The minimum Gasteiger partial charge on any atom is -0.355 e. The number of hydrogen-bond acceptors (Lipinski definition) is 4. The van der Waals surface area contributed by atoms with Gasteiger partial charge in [0.2, 0.25) is 0 Å². The first kappa shape index (κ1) is 12.7. The van der Waals surface area contributed by atoms with Gasteiger partial charge in [-0.2, -0.15) is 5.10 Å². The van der Waals surface area contributed by atoms with E-state index in [0.29, 0.717) is 6.61 Å². The van der Waals surface area contributed by atoms with E-state index >= 15 is 0 Å². The van der Waals surface area contributed by atoms with E-state index in [1.165, 1.54) is 5.56 Å². The highest BCUT2D eigenvalue weighted by molar-refractivity contribution is 5.95. The molecular weight excluding hydrogens is 250 g/mol. The van der Waals surface area contributed by atoms with Gasteiger partial charge in [-0.3, -0.25) is 0 Å². The molecule has 0 aromatic heterocycles. The molecule has 2 aromatic carbocycles. The molecule has 1 aliphatic rings. The van der Waals surface area contributed by atoms with Gasteiger partial charge in [0.25, 0.3) is 0 Å². The fraction of sp³-hybridized carbons (Fsp3) is 0.188. The molecule has 0 saturated carbocycles. The summed E-state index contributed by atoms with van der Waals surface area (Å²) in [4.78, 5) is 0. The zero-order valence-electron chi connectivity index (χ0n) is 11.1. The van der Waals surface area contributed by atoms with Crippen molar-refractivity contribution < 1.29 is 4.74 Å². The Morgan fingerprint density at radius 3 is 2.35 bits per heavy atom. The van der Waals surface area contributed by atoms with Gasteiger partial charge in [0.1, 0.15) is 5.71 Å². The number of nitrogens with zero attached hydrogens (tertiary/aromatic N) is 1. The van der Waals surface area contributed by atoms with E-state index in [2.05, 4.69) is 28.0 Å². The fourth-order valence-electron chi connectivity index (χ4n) is 1.97. The van der Waals surface area contributed by atoms with Crippen LogP contribution in [0.4, 0.5) is 5.69 Å². The number of nitrogens with one attached hydrogen (secondary N) is 2. The van der Waals surface area contributed by atoms with Crippen LogP contribution in [0.5, 0.6) is 0 Å². The van der Waals surface area contributed by atoms with Gasteiger partial charge in [0.15, 0.2) is 6.23 Å². The van der Waals surface area contributed by atoms with Gasteiger partial charge in [0, 0.05) is 5.69 Å². The summed E-state index contributed by atoms with van der Waals surface area (Å²) in [5, 5.41) is 7.67. The fourth-order valence-corrected chi connectivity index (χ4v) is 1.97. The minimum absolute atomic E-state index is 0.124. The minimum atomic E-state index is -0.124. The third-order valence-electron chi connectivity index (χ3n) is 3.12. The topological polar surface area (TPSA) is 45.7 Å². The maximum absolute atomic E-state index is 5.47. The second kappa shape index (κ2) is 6.21. The maximum Gasteiger partial charge on any atom is 0.171 e. The Morgan fingerprint density at radius 1 is 1.00 bits per heavy atom. The molecule has 2 aromatic rings. The highest BCUT2D eigenvalue weighted by Gasteiger charge is 2.27. The number of hydrazone groups is 1. The van der Waals surface area contributed by atoms with Crippen LogP contribution in [0.2, 0.25) is 0 Å². The summed E-state index contributed by atoms with van der Waals surface area (Å²) in [6, 6.07) is 20.2. The van der Waals surface area contributed by atoms with Gasteiger partial charge in [-0.15, -0.1) is 0 Å². The first-order valence-electron chi connectivity index (χ1n) is 6.68. The molecule has 0 bridgehead atoms. The predicted octanol–water partition coefficient (Wildman–Crippen LogP) is 2.60. The number of anilines is 1. The van der Waals surface area contributed by atoms with E-state index in [0.717, 1.165) is 17.9 Å². The zero-order chi connectivity index (χ0) is 13.6. The van der Waals surface area contributed by atoms with Crippen LogP contribution in [0, 0.1) is 0 Å². The Morgan fingerprint density at radius 2 is 1.70 bits per heavy atom. The van der Waals surface area contributed by atoms with Crippen molar-refractivity contribution in [2.45, 2.75) is 12.8 Å². The Balaban J connectivity index is 1.51. The summed E-state index contributed by atoms with van der Waals surface area (Å²) >= 11 is 0. The van der Waals surface area contributed by atoms with Gasteiger partial charge in [-0.1, -0.05) is 48.5 Å². The van der Waals surface area contributed by atoms with Crippen LogP contribution in [-0.4, -0.2) is 18.5 Å². The normalized spacial score (nSPS) is 19.4. The van der Waals surface area contributed by atoms with Crippen LogP contribution in [-0.2, 0) is 11.3 Å². The lowest BCUT2D eigenvalue weighted by atomic mass is 10.2. The smallest absolute Gasteiger partial charge is 0.171 e. The number of ether oxygens (including phenoxy) is 1. The molecule has 1 heterocycles. The third kappa shape index (κ3) is 3.16. The lowest BCUT2D eigenvalue weighted by molar-refractivity contribution is 0.0916. The van der Waals surface area contributed by atoms with Gasteiger partial charge < -0.3 is 15.5 Å². The van der Waals surface area contributed by atoms with Crippen LogP contribution >= 0.6 is 0 Å². The van der Waals surface area contributed by atoms with E-state index in [4.69, 9.17) is 4.74 Å². The second-order valence-electron chi connectivity index (χ2n) is 4.63. The molecule has 102 valence electrons. The molecule has 2 N–H and O–H groups in total. The zero-order valence-corrected chi connectivity index (χ0v) is 11.1. The number of benzene rings is 2. The molecule has 1 unspecified atom stereocenters. The molecule has 0 radical (unpaired) electrons. The monoisotopic (exact) mass is 267 g/mol. The molecule has 20 heavy (non-hydrogen) atoms. The standard InChI is InChI=1S/C16H17N3O/c1-3-7-13(8-4-1)11-17-19-15-12-20-16(15)18-14-9-5-2-6-10-14/h1-10,16-18H,11-12H2. The summed E-state index contributed by atoms with van der Waals surface area (Å²) in [6.45, 7) is 1.30. The molecule has 4 nitrogen and oxygen atoms in total. The first-order valence-corrected chi connectivity index (χ1v) is 6.68. The van der Waals surface area contributed by atoms with Crippen LogP contribution in [0.1, 0.15) is 5.56 Å². The SMILES string of the molecule is c1ccc(CNN=C2COC2Nc2ccccc2)cc1. The molecule has 0 aliphatic carbocycles. The summed E-state index contributed by atoms with van der Waals surface area (Å²) in [5.74, 6) is 0. The molecular formula is C16H17N3O. The van der Waals surface area contributed by atoms with Crippen molar-refractivity contribution >= 4 is 11.4 Å². The van der Waals surface area contributed by atoms with Gasteiger partial charge in [-0.05, 0) is 17.7 Å². The molecule has 0 amide bonds. The molecule has 1 saturated heterocycles. The van der Waals surface area contributed by atoms with Crippen molar-refractivity contribution in [2.75, 3.05) is 11.9 Å². The highest BCUT2D eigenvalue weighted by Crippen LogP contribution is 2.14. The first-order chi connectivity index (χ1) is 9.92. The quantitative estimate of drug-likeness (QED) is 0.819. The maximum atomic E-state index is 5.47. The van der Waals surface area contributed by atoms with Gasteiger partial charge in [0.05, 0.1) is 13.2 Å². The van der Waals surface area contributed by atoms with Crippen LogP contribution < -0.4 is 10.7 Å². The lowest BCUT2D eigenvalue weighted by Gasteiger charge is -2.30. The van der Waals surface area contributed by atoms with Crippen LogP contribution in [0.3, 0.4) is 0 Å². The molecule has 1 atom stereocenters. The van der Waals surface area contributed by atoms with Crippen molar-refractivity contribution in [3.8, 4) is 0 Å². The number of para-hydroxylation sites is 1. The van der Waals surface area contributed by atoms with E-state index < -0.39 is 0 Å². The molecule has 3 rings (SSSR count). The average molecular weight is 267 g/mol. The van der Waals surface area contributed by atoms with Crippen LogP contribution in [0.15, 0.2) is 65.8 Å². The largest absolute Gasteiger partial charge is 0.355 e. The Kier molecular flexibility index (Phi) is 3.94. The van der Waals surface area contributed by atoms with Crippen molar-refractivity contribution in [2.24, 2.45) is 5.10 Å². The van der Waals surface area contributed by atoms with Gasteiger partial charge in [-0.25, -0.2) is 0 Å². The van der Waals surface area contributed by atoms with Crippen LogP contribution in [0.25, 0.3) is 0 Å². The average Bonchev–Trinajstić information content (AvgIpc) is 2.50. The highest BCUT2D eigenvalue weighted by atomic mass is 16.5. The Hall–Kier alpha value is -2.33. The van der Waals surface area contributed by atoms with E-state index in [9.17, 15) is 0 Å². The van der Waals surface area contributed by atoms with Gasteiger partial charge >= 0.3 is 0 Å². The summed E-state index contributed by atoms with van der Waals surface area (Å²) in [5.41, 5.74) is 6.33. The Labute approximate surface area is 118 Å². The molecule has 4 heteroatoms. The van der Waals surface area contributed by atoms with Crippen molar-refractivity contribution in [1.82, 2.24) is 5.43 Å². The Bertz CT molecular complexity index is 569. The summed E-state index contributed by atoms with van der Waals surface area (Å²) in [7, 11) is 0. The van der Waals surface area contributed by atoms with E-state index in [-0.39, 0.29) is 6.23 Å². The van der Waals surface area contributed by atoms with Crippen molar-refractivity contribution in [3.05, 3.63) is 66.2 Å². The van der Waals surface area contributed by atoms with E-state index in [1.54, 1.807) is 0 Å². The lowest BCUT2D eigenvalue weighted by Crippen LogP contribution is -2.47. The second-order valence-corrected chi connectivity index (χ2v) is 4.63. The van der Waals surface area contributed by atoms with Crippen molar-refractivity contribution in [3.63, 3.8) is 0 Å². The molecule has 1 aliphatic heterocycles.